The van der Waals surface area contributed by atoms with E-state index < -0.39 is 0 Å². The summed E-state index contributed by atoms with van der Waals surface area (Å²) >= 11 is 0. The monoisotopic (exact) mass is 246 g/mol. The first-order valence-corrected chi connectivity index (χ1v) is 6.54. The Morgan fingerprint density at radius 1 is 1.44 bits per heavy atom. The van der Waals surface area contributed by atoms with Crippen molar-refractivity contribution >= 4 is 5.69 Å². The van der Waals surface area contributed by atoms with Crippen LogP contribution in [-0.4, -0.2) is 24.6 Å². The first kappa shape index (κ1) is 14.5. The molecular weight excluding hydrogens is 224 g/mol. The standard InChI is InChI=1S/C14H22N4/c1-4-16-12(3)14-8-7-13(11-17-14)18(5-2)10-6-9-15/h7-8,11-12,16H,4-6,10H2,1-3H3. The summed E-state index contributed by atoms with van der Waals surface area (Å²) in [6.45, 7) is 8.88. The molecule has 1 rings (SSSR count). The van der Waals surface area contributed by atoms with Gasteiger partial charge >= 0.3 is 0 Å². The molecule has 0 aliphatic carbocycles. The maximum absolute atomic E-state index is 8.63. The molecule has 0 fully saturated rings. The molecule has 0 aliphatic rings. The Bertz CT molecular complexity index is 380. The van der Waals surface area contributed by atoms with Crippen molar-refractivity contribution in [1.82, 2.24) is 10.3 Å². The lowest BCUT2D eigenvalue weighted by atomic mass is 10.2. The van der Waals surface area contributed by atoms with E-state index in [9.17, 15) is 0 Å². The second kappa shape index (κ2) is 7.67. The maximum Gasteiger partial charge on any atom is 0.0640 e. The van der Waals surface area contributed by atoms with E-state index in [0.717, 1.165) is 31.0 Å². The highest BCUT2D eigenvalue weighted by molar-refractivity contribution is 5.44. The van der Waals surface area contributed by atoms with Crippen molar-refractivity contribution in [3.05, 3.63) is 24.0 Å². The third-order valence-corrected chi connectivity index (χ3v) is 2.97. The van der Waals surface area contributed by atoms with Crippen LogP contribution in [0.4, 0.5) is 5.69 Å². The van der Waals surface area contributed by atoms with Crippen LogP contribution < -0.4 is 10.2 Å². The van der Waals surface area contributed by atoms with Gasteiger partial charge in [0.1, 0.15) is 0 Å². The SMILES string of the molecule is CCNC(C)c1ccc(N(CC)CCC#N)cn1. The Labute approximate surface area is 110 Å². The minimum absolute atomic E-state index is 0.276. The third-order valence-electron chi connectivity index (χ3n) is 2.97. The Kier molecular flexibility index (Phi) is 6.16. The minimum atomic E-state index is 0.276. The number of hydrogen-bond donors (Lipinski definition) is 1. The van der Waals surface area contributed by atoms with E-state index in [1.54, 1.807) is 0 Å². The molecule has 1 aromatic rings. The molecule has 0 saturated carbocycles. The van der Waals surface area contributed by atoms with Crippen LogP contribution in [0.3, 0.4) is 0 Å². The molecule has 0 aliphatic heterocycles. The summed E-state index contributed by atoms with van der Waals surface area (Å²) in [6, 6.07) is 6.59. The van der Waals surface area contributed by atoms with Crippen LogP contribution >= 0.6 is 0 Å². The zero-order valence-electron chi connectivity index (χ0n) is 11.5. The quantitative estimate of drug-likeness (QED) is 0.803. The van der Waals surface area contributed by atoms with Crippen LogP contribution in [0.25, 0.3) is 0 Å². The predicted molar refractivity (Wildman–Crippen MR) is 74.4 cm³/mol. The number of anilines is 1. The highest BCUT2D eigenvalue weighted by Gasteiger charge is 2.07. The second-order valence-corrected chi connectivity index (χ2v) is 4.21. The Morgan fingerprint density at radius 3 is 2.72 bits per heavy atom. The Hall–Kier alpha value is -1.60. The average Bonchev–Trinajstić information content (AvgIpc) is 2.40. The second-order valence-electron chi connectivity index (χ2n) is 4.21. The number of nitrogens with zero attached hydrogens (tertiary/aromatic N) is 3. The lowest BCUT2D eigenvalue weighted by molar-refractivity contribution is 0.583. The van der Waals surface area contributed by atoms with Crippen molar-refractivity contribution in [3.63, 3.8) is 0 Å². The fourth-order valence-electron chi connectivity index (χ4n) is 1.91. The molecule has 0 radical (unpaired) electrons. The molecule has 1 aromatic heterocycles. The Morgan fingerprint density at radius 2 is 2.22 bits per heavy atom. The van der Waals surface area contributed by atoms with E-state index in [0.29, 0.717) is 6.42 Å². The molecule has 4 heteroatoms. The van der Waals surface area contributed by atoms with E-state index in [1.165, 1.54) is 0 Å². The molecule has 0 spiro atoms. The van der Waals surface area contributed by atoms with Gasteiger partial charge in [0.25, 0.3) is 0 Å². The molecule has 18 heavy (non-hydrogen) atoms. The smallest absolute Gasteiger partial charge is 0.0640 e. The van der Waals surface area contributed by atoms with E-state index in [-0.39, 0.29) is 6.04 Å². The first-order valence-electron chi connectivity index (χ1n) is 6.54. The molecule has 1 heterocycles. The van der Waals surface area contributed by atoms with E-state index in [4.69, 9.17) is 5.26 Å². The lowest BCUT2D eigenvalue weighted by Gasteiger charge is -2.22. The zero-order valence-corrected chi connectivity index (χ0v) is 11.5. The van der Waals surface area contributed by atoms with Crippen LogP contribution in [0, 0.1) is 11.3 Å². The van der Waals surface area contributed by atoms with Gasteiger partial charge in [0, 0.05) is 19.1 Å². The molecule has 0 aromatic carbocycles. The number of hydrogen-bond acceptors (Lipinski definition) is 4. The van der Waals surface area contributed by atoms with E-state index in [1.807, 2.05) is 6.20 Å². The van der Waals surface area contributed by atoms with Gasteiger partial charge in [-0.2, -0.15) is 5.26 Å². The lowest BCUT2D eigenvalue weighted by Crippen LogP contribution is -2.24. The predicted octanol–water partition coefficient (Wildman–Crippen LogP) is 2.49. The summed E-state index contributed by atoms with van der Waals surface area (Å²) < 4.78 is 0. The van der Waals surface area contributed by atoms with Gasteiger partial charge in [-0.15, -0.1) is 0 Å². The van der Waals surface area contributed by atoms with Crippen molar-refractivity contribution in [2.45, 2.75) is 33.2 Å². The van der Waals surface area contributed by atoms with Gasteiger partial charge in [-0.05, 0) is 32.5 Å². The highest BCUT2D eigenvalue weighted by Crippen LogP contribution is 2.16. The number of nitriles is 1. The normalized spacial score (nSPS) is 11.9. The minimum Gasteiger partial charge on any atom is -0.370 e. The van der Waals surface area contributed by atoms with Gasteiger partial charge in [-0.3, -0.25) is 4.98 Å². The molecule has 1 atom stereocenters. The summed E-state index contributed by atoms with van der Waals surface area (Å²) in [4.78, 5) is 6.65. The van der Waals surface area contributed by atoms with Crippen molar-refractivity contribution < 1.29 is 0 Å². The number of aromatic nitrogens is 1. The van der Waals surface area contributed by atoms with Crippen molar-refractivity contribution in [2.24, 2.45) is 0 Å². The number of pyridine rings is 1. The molecule has 1 unspecified atom stereocenters. The highest BCUT2D eigenvalue weighted by atomic mass is 15.1. The van der Waals surface area contributed by atoms with Crippen LogP contribution in [0.5, 0.6) is 0 Å². The van der Waals surface area contributed by atoms with Crippen molar-refractivity contribution in [2.75, 3.05) is 24.5 Å². The summed E-state index contributed by atoms with van der Waals surface area (Å²) in [5.74, 6) is 0. The Balaban J connectivity index is 2.71. The third kappa shape index (κ3) is 4.01. The number of nitrogens with one attached hydrogen (secondary N) is 1. The van der Waals surface area contributed by atoms with Gasteiger partial charge in [-0.1, -0.05) is 6.92 Å². The largest absolute Gasteiger partial charge is 0.370 e. The molecule has 4 nitrogen and oxygen atoms in total. The zero-order chi connectivity index (χ0) is 13.4. The number of rotatable bonds is 7. The van der Waals surface area contributed by atoms with Gasteiger partial charge in [0.05, 0.1) is 30.1 Å². The molecule has 0 amide bonds. The van der Waals surface area contributed by atoms with Gasteiger partial charge < -0.3 is 10.2 Å². The first-order chi connectivity index (χ1) is 8.72. The van der Waals surface area contributed by atoms with E-state index in [2.05, 4.69) is 54.2 Å². The van der Waals surface area contributed by atoms with Crippen LogP contribution in [0.1, 0.15) is 38.9 Å². The molecule has 1 N–H and O–H groups in total. The van der Waals surface area contributed by atoms with Crippen molar-refractivity contribution in [1.29, 1.82) is 5.26 Å². The van der Waals surface area contributed by atoms with Gasteiger partial charge in [-0.25, -0.2) is 0 Å². The molecule has 0 saturated heterocycles. The van der Waals surface area contributed by atoms with Crippen LogP contribution in [0.15, 0.2) is 18.3 Å². The van der Waals surface area contributed by atoms with Crippen LogP contribution in [-0.2, 0) is 0 Å². The summed E-state index contributed by atoms with van der Waals surface area (Å²) in [7, 11) is 0. The summed E-state index contributed by atoms with van der Waals surface area (Å²) in [6.07, 6.45) is 2.44. The topological polar surface area (TPSA) is 52.0 Å². The fourth-order valence-corrected chi connectivity index (χ4v) is 1.91. The van der Waals surface area contributed by atoms with Crippen molar-refractivity contribution in [3.8, 4) is 6.07 Å². The van der Waals surface area contributed by atoms with Gasteiger partial charge in [0.15, 0.2) is 0 Å². The summed E-state index contributed by atoms with van der Waals surface area (Å²) in [5, 5.41) is 12.0. The van der Waals surface area contributed by atoms with Gasteiger partial charge in [0.2, 0.25) is 0 Å². The molecular formula is C14H22N4. The average molecular weight is 246 g/mol. The summed E-state index contributed by atoms with van der Waals surface area (Å²) in [5.41, 5.74) is 2.14. The van der Waals surface area contributed by atoms with Crippen LogP contribution in [0.2, 0.25) is 0 Å². The van der Waals surface area contributed by atoms with E-state index >= 15 is 0 Å². The molecule has 0 bridgehead atoms. The maximum atomic E-state index is 8.63. The fraction of sp³-hybridized carbons (Fsp3) is 0.571. The molecule has 98 valence electrons.